The molecule has 0 aliphatic heterocycles. The van der Waals surface area contributed by atoms with Crippen molar-refractivity contribution in [2.24, 2.45) is 0 Å². The first-order chi connectivity index (χ1) is 23.3. The van der Waals surface area contributed by atoms with E-state index in [1.807, 2.05) is 11.3 Å². The fourth-order valence-electron chi connectivity index (χ4n) is 7.24. The Kier molecular flexibility index (Phi) is 5.74. The highest BCUT2D eigenvalue weighted by Gasteiger charge is 2.19. The highest BCUT2D eigenvalue weighted by molar-refractivity contribution is 7.26. The van der Waals surface area contributed by atoms with Gasteiger partial charge in [0.25, 0.3) is 0 Å². The van der Waals surface area contributed by atoms with Crippen LogP contribution in [-0.4, -0.2) is 14.1 Å². The van der Waals surface area contributed by atoms with Crippen molar-refractivity contribution in [2.45, 2.75) is 0 Å². The summed E-state index contributed by atoms with van der Waals surface area (Å²) in [6, 6.07) is 58.9. The van der Waals surface area contributed by atoms with Gasteiger partial charge in [0.15, 0.2) is 0 Å². The number of hydrogen-bond acceptors (Lipinski definition) is 2. The molecule has 3 heterocycles. The lowest BCUT2D eigenvalue weighted by molar-refractivity contribution is 1.10. The number of aromatic nitrogens is 3. The van der Waals surface area contributed by atoms with Crippen molar-refractivity contribution in [1.29, 1.82) is 0 Å². The van der Waals surface area contributed by atoms with Crippen LogP contribution in [0.5, 0.6) is 0 Å². The number of nitrogens with zero attached hydrogens (tertiary/aromatic N) is 3. The summed E-state index contributed by atoms with van der Waals surface area (Å²) < 4.78 is 7.30. The molecule has 3 nitrogen and oxygen atoms in total. The molecule has 220 valence electrons. The van der Waals surface area contributed by atoms with Crippen LogP contribution in [0.2, 0.25) is 0 Å². The van der Waals surface area contributed by atoms with Gasteiger partial charge < -0.3 is 4.57 Å². The average molecular weight is 618 g/mol. The molecule has 47 heavy (non-hydrogen) atoms. The van der Waals surface area contributed by atoms with Crippen LogP contribution in [0, 0.1) is 0 Å². The summed E-state index contributed by atoms with van der Waals surface area (Å²) in [7, 11) is 0. The van der Waals surface area contributed by atoms with Gasteiger partial charge in [0.2, 0.25) is 0 Å². The minimum absolute atomic E-state index is 0.936. The Balaban J connectivity index is 1.26. The Morgan fingerprint density at radius 3 is 1.85 bits per heavy atom. The van der Waals surface area contributed by atoms with Crippen LogP contribution in [0.4, 0.5) is 0 Å². The number of thiophene rings is 1. The number of rotatable bonds is 4. The van der Waals surface area contributed by atoms with E-state index in [1.165, 1.54) is 53.1 Å². The van der Waals surface area contributed by atoms with Crippen LogP contribution in [0.15, 0.2) is 164 Å². The molecule has 0 radical (unpaired) electrons. The Hall–Kier alpha value is -5.97. The fourth-order valence-corrected chi connectivity index (χ4v) is 8.46. The second kappa shape index (κ2) is 10.3. The molecular formula is C43H27N3S. The number of imidazole rings is 1. The van der Waals surface area contributed by atoms with Crippen LogP contribution < -0.4 is 0 Å². The first-order valence-corrected chi connectivity index (χ1v) is 16.7. The summed E-state index contributed by atoms with van der Waals surface area (Å²) in [5.74, 6) is 0.936. The minimum atomic E-state index is 0.936. The van der Waals surface area contributed by atoms with E-state index in [9.17, 15) is 0 Å². The zero-order valence-corrected chi connectivity index (χ0v) is 26.2. The molecule has 10 aromatic rings. The molecule has 0 amide bonds. The maximum absolute atomic E-state index is 5.18. The second-order valence-corrected chi connectivity index (χ2v) is 13.1. The second-order valence-electron chi connectivity index (χ2n) is 12.0. The van der Waals surface area contributed by atoms with Crippen LogP contribution in [0.1, 0.15) is 0 Å². The largest absolute Gasteiger partial charge is 0.309 e. The van der Waals surface area contributed by atoms with Gasteiger partial charge >= 0.3 is 0 Å². The summed E-state index contributed by atoms with van der Waals surface area (Å²) in [5.41, 5.74) is 10.2. The van der Waals surface area contributed by atoms with Gasteiger partial charge in [-0.2, -0.15) is 0 Å². The summed E-state index contributed by atoms with van der Waals surface area (Å²) in [5, 5.41) is 5.10. The summed E-state index contributed by atoms with van der Waals surface area (Å²) in [6.45, 7) is 0. The molecular weight excluding hydrogens is 591 g/mol. The number of benzene rings is 7. The SMILES string of the molecule is c1ccc(-n2c(-c3cccc(-c4cc(-n5c6ccccc6c6ccccc65)cc5c4sc4ccccc45)c3)nc3ccccc32)cc1. The fraction of sp³-hybridized carbons (Fsp3) is 0. The molecule has 0 bridgehead atoms. The van der Waals surface area contributed by atoms with Gasteiger partial charge in [-0.25, -0.2) is 4.98 Å². The smallest absolute Gasteiger partial charge is 0.145 e. The first-order valence-electron chi connectivity index (χ1n) is 15.9. The van der Waals surface area contributed by atoms with Crippen molar-refractivity contribution < 1.29 is 0 Å². The third kappa shape index (κ3) is 4.02. The molecule has 10 rings (SSSR count). The Morgan fingerprint density at radius 2 is 1.06 bits per heavy atom. The summed E-state index contributed by atoms with van der Waals surface area (Å²) >= 11 is 1.87. The van der Waals surface area contributed by atoms with Crippen molar-refractivity contribution in [3.05, 3.63) is 164 Å². The van der Waals surface area contributed by atoms with Gasteiger partial charge in [0, 0.05) is 53.4 Å². The molecule has 0 atom stereocenters. The van der Waals surface area contributed by atoms with Crippen molar-refractivity contribution in [1.82, 2.24) is 14.1 Å². The van der Waals surface area contributed by atoms with E-state index in [4.69, 9.17) is 4.98 Å². The van der Waals surface area contributed by atoms with Crippen LogP contribution in [0.25, 0.3) is 86.9 Å². The predicted molar refractivity (Wildman–Crippen MR) is 199 cm³/mol. The molecule has 0 aliphatic carbocycles. The maximum atomic E-state index is 5.18. The molecule has 7 aromatic carbocycles. The van der Waals surface area contributed by atoms with E-state index in [-0.39, 0.29) is 0 Å². The Morgan fingerprint density at radius 1 is 0.426 bits per heavy atom. The minimum Gasteiger partial charge on any atom is -0.309 e. The highest BCUT2D eigenvalue weighted by atomic mass is 32.1. The van der Waals surface area contributed by atoms with Gasteiger partial charge in [-0.15, -0.1) is 11.3 Å². The maximum Gasteiger partial charge on any atom is 0.145 e. The van der Waals surface area contributed by atoms with E-state index in [0.717, 1.165) is 33.8 Å². The molecule has 0 aliphatic rings. The lowest BCUT2D eigenvalue weighted by Crippen LogP contribution is -1.97. The molecule has 0 unspecified atom stereocenters. The summed E-state index contributed by atoms with van der Waals surface area (Å²) in [6.07, 6.45) is 0. The molecule has 0 spiro atoms. The van der Waals surface area contributed by atoms with Crippen molar-refractivity contribution in [3.63, 3.8) is 0 Å². The third-order valence-electron chi connectivity index (χ3n) is 9.31. The molecule has 0 saturated carbocycles. The van der Waals surface area contributed by atoms with Crippen molar-refractivity contribution in [3.8, 4) is 33.9 Å². The first kappa shape index (κ1) is 26.3. The van der Waals surface area contributed by atoms with Gasteiger partial charge in [-0.1, -0.05) is 103 Å². The van der Waals surface area contributed by atoms with Crippen molar-refractivity contribution >= 4 is 64.3 Å². The topological polar surface area (TPSA) is 22.8 Å². The molecule has 0 saturated heterocycles. The summed E-state index contributed by atoms with van der Waals surface area (Å²) in [4.78, 5) is 5.18. The normalized spacial score (nSPS) is 11.8. The van der Waals surface area contributed by atoms with E-state index >= 15 is 0 Å². The van der Waals surface area contributed by atoms with Crippen LogP contribution in [-0.2, 0) is 0 Å². The zero-order chi connectivity index (χ0) is 30.9. The number of fused-ring (bicyclic) bond motifs is 7. The number of para-hydroxylation sites is 5. The van der Waals surface area contributed by atoms with E-state index in [1.54, 1.807) is 0 Å². The molecule has 3 aromatic heterocycles. The van der Waals surface area contributed by atoms with Crippen LogP contribution >= 0.6 is 11.3 Å². The monoisotopic (exact) mass is 617 g/mol. The molecule has 0 fully saturated rings. The molecule has 0 N–H and O–H groups in total. The Labute approximate surface area is 275 Å². The number of hydrogen-bond donors (Lipinski definition) is 0. The van der Waals surface area contributed by atoms with Gasteiger partial charge in [-0.05, 0) is 66.2 Å². The standard InChI is InChI=1S/C43H27N3S/c1-2-15-30(16-3-1)46-40-23-10-7-20-37(40)44-43(46)29-14-12-13-28(25-29)35-26-31(27-36-34-19-6-11-24-41(34)47-42(35)36)45-38-21-8-4-17-32(38)33-18-5-9-22-39(33)45/h1-27H. The van der Waals surface area contributed by atoms with Gasteiger partial charge in [0.1, 0.15) is 5.82 Å². The van der Waals surface area contributed by atoms with Gasteiger partial charge in [0.05, 0.1) is 22.1 Å². The zero-order valence-electron chi connectivity index (χ0n) is 25.3. The lowest BCUT2D eigenvalue weighted by Gasteiger charge is -2.14. The van der Waals surface area contributed by atoms with E-state index in [0.29, 0.717) is 0 Å². The van der Waals surface area contributed by atoms with Crippen LogP contribution in [0.3, 0.4) is 0 Å². The quantitative estimate of drug-likeness (QED) is 0.193. The highest BCUT2D eigenvalue weighted by Crippen LogP contribution is 2.44. The average Bonchev–Trinajstić information content (AvgIpc) is 3.82. The third-order valence-corrected chi connectivity index (χ3v) is 10.5. The Bertz CT molecular complexity index is 2750. The van der Waals surface area contributed by atoms with E-state index in [2.05, 4.69) is 173 Å². The van der Waals surface area contributed by atoms with Gasteiger partial charge in [-0.3, -0.25) is 4.57 Å². The predicted octanol–water partition coefficient (Wildman–Crippen LogP) is 11.8. The molecule has 4 heteroatoms. The van der Waals surface area contributed by atoms with E-state index < -0.39 is 0 Å². The lowest BCUT2D eigenvalue weighted by atomic mass is 9.99. The van der Waals surface area contributed by atoms with Crippen molar-refractivity contribution in [2.75, 3.05) is 0 Å².